The van der Waals surface area contributed by atoms with Gasteiger partial charge in [0, 0.05) is 40.3 Å². The van der Waals surface area contributed by atoms with Crippen molar-refractivity contribution in [1.29, 1.82) is 0 Å². The average Bonchev–Trinajstić information content (AvgIpc) is 2.50. The quantitative estimate of drug-likeness (QED) is 0.699. The molecular formula is C18H29N3O5. The summed E-state index contributed by atoms with van der Waals surface area (Å²) in [5.41, 5.74) is 0.531. The lowest BCUT2D eigenvalue weighted by Gasteiger charge is -2.23. The van der Waals surface area contributed by atoms with Gasteiger partial charge in [-0.25, -0.2) is 9.59 Å². The Balaban J connectivity index is 3.18. The Morgan fingerprint density at radius 1 is 1.00 bits per heavy atom. The molecule has 0 spiro atoms. The number of aliphatic hydroxyl groups is 1. The molecule has 0 aliphatic rings. The molecule has 1 rings (SSSR count). The van der Waals surface area contributed by atoms with E-state index >= 15 is 0 Å². The molecular weight excluding hydrogens is 338 g/mol. The zero-order valence-electron chi connectivity index (χ0n) is 16.5. The van der Waals surface area contributed by atoms with E-state index in [1.807, 2.05) is 20.8 Å². The van der Waals surface area contributed by atoms with Crippen LogP contribution in [0.4, 0.5) is 0 Å². The molecule has 8 nitrogen and oxygen atoms in total. The van der Waals surface area contributed by atoms with Gasteiger partial charge in [0.1, 0.15) is 0 Å². The minimum atomic E-state index is -0.910. The predicted octanol–water partition coefficient (Wildman–Crippen LogP) is 1.37. The Hall–Kier alpha value is -2.00. The van der Waals surface area contributed by atoms with Gasteiger partial charge >= 0.3 is 11.9 Å². The van der Waals surface area contributed by atoms with Crippen LogP contribution in [0.25, 0.3) is 0 Å². The lowest BCUT2D eigenvalue weighted by molar-refractivity contribution is -0.0716. The molecule has 0 aliphatic carbocycles. The van der Waals surface area contributed by atoms with Crippen molar-refractivity contribution in [3.63, 3.8) is 0 Å². The lowest BCUT2D eigenvalue weighted by Crippen LogP contribution is -2.38. The van der Waals surface area contributed by atoms with Gasteiger partial charge in [0.2, 0.25) is 0 Å². The summed E-state index contributed by atoms with van der Waals surface area (Å²) in [7, 11) is 6.30. The van der Waals surface area contributed by atoms with Crippen LogP contribution in [-0.2, 0) is 9.68 Å². The zero-order chi connectivity index (χ0) is 20.1. The van der Waals surface area contributed by atoms with Crippen LogP contribution in [0.1, 0.15) is 53.2 Å². The fourth-order valence-electron chi connectivity index (χ4n) is 2.04. The largest absolute Gasteiger partial charge is 0.387 e. The van der Waals surface area contributed by atoms with E-state index < -0.39 is 18.0 Å². The summed E-state index contributed by atoms with van der Waals surface area (Å²) in [5.74, 6) is -1.27. The van der Waals surface area contributed by atoms with Crippen LogP contribution in [0.2, 0.25) is 0 Å². The number of carbonyl (C=O) groups is 2. The maximum Gasteiger partial charge on any atom is 0.357 e. The number of nitrogens with zero attached hydrogens (tertiary/aromatic N) is 2. The molecule has 0 saturated carbocycles. The van der Waals surface area contributed by atoms with E-state index in [2.05, 4.69) is 5.32 Å². The normalized spacial score (nSPS) is 13.0. The number of carbonyl (C=O) groups excluding carboxylic acids is 2. The number of hydrogen-bond acceptors (Lipinski definition) is 8. The van der Waals surface area contributed by atoms with Crippen molar-refractivity contribution in [2.75, 3.05) is 34.7 Å². The number of rotatable bonds is 7. The summed E-state index contributed by atoms with van der Waals surface area (Å²) < 4.78 is 0. The molecule has 2 N–H and O–H groups in total. The molecule has 8 heteroatoms. The summed E-state index contributed by atoms with van der Waals surface area (Å²) in [6.45, 7) is 6.19. The fourth-order valence-corrected chi connectivity index (χ4v) is 2.04. The number of hydrogen-bond donors (Lipinski definition) is 2. The van der Waals surface area contributed by atoms with E-state index in [-0.39, 0.29) is 23.2 Å². The van der Waals surface area contributed by atoms with Crippen LogP contribution in [0.5, 0.6) is 0 Å². The monoisotopic (exact) mass is 367 g/mol. The first-order valence-electron chi connectivity index (χ1n) is 8.26. The van der Waals surface area contributed by atoms with Crippen molar-refractivity contribution < 1.29 is 24.4 Å². The summed E-state index contributed by atoms with van der Waals surface area (Å²) in [5, 5.41) is 16.2. The molecule has 0 aliphatic heterocycles. The van der Waals surface area contributed by atoms with Crippen LogP contribution in [0.15, 0.2) is 18.2 Å². The van der Waals surface area contributed by atoms with Gasteiger partial charge in [-0.1, -0.05) is 0 Å². The third-order valence-corrected chi connectivity index (χ3v) is 3.17. The predicted molar refractivity (Wildman–Crippen MR) is 97.4 cm³/mol. The first kappa shape index (κ1) is 22.0. The number of aliphatic hydroxyl groups excluding tert-OH is 1. The number of β-amino-alcohol motifs (C(OH)–C–C–N with tert-alkyl or cyclic N) is 1. The highest BCUT2D eigenvalue weighted by Gasteiger charge is 2.20. The smallest absolute Gasteiger partial charge is 0.357 e. The zero-order valence-corrected chi connectivity index (χ0v) is 16.5. The van der Waals surface area contributed by atoms with Crippen LogP contribution in [-0.4, -0.2) is 67.4 Å². The molecule has 1 aromatic carbocycles. The lowest BCUT2D eigenvalue weighted by atomic mass is 10.0. The molecule has 0 unspecified atom stereocenters. The first-order valence-corrected chi connectivity index (χ1v) is 8.26. The minimum Gasteiger partial charge on any atom is -0.387 e. The second-order valence-corrected chi connectivity index (χ2v) is 7.37. The van der Waals surface area contributed by atoms with Crippen molar-refractivity contribution in [2.45, 2.75) is 32.4 Å². The molecule has 0 heterocycles. The molecule has 26 heavy (non-hydrogen) atoms. The molecule has 1 atom stereocenters. The van der Waals surface area contributed by atoms with E-state index in [9.17, 15) is 14.7 Å². The second kappa shape index (κ2) is 9.09. The summed E-state index contributed by atoms with van der Waals surface area (Å²) in [6, 6.07) is 4.39. The Labute approximate surface area is 154 Å². The van der Waals surface area contributed by atoms with E-state index in [0.29, 0.717) is 5.56 Å². The maximum atomic E-state index is 12.2. The van der Waals surface area contributed by atoms with Crippen molar-refractivity contribution >= 4 is 11.9 Å². The Morgan fingerprint density at radius 3 is 1.77 bits per heavy atom. The Kier molecular flexibility index (Phi) is 7.70. The molecule has 0 amide bonds. The van der Waals surface area contributed by atoms with Gasteiger partial charge in [0.25, 0.3) is 0 Å². The standard InChI is InChI=1S/C18H29N3O5/c1-18(2,3)19-11-15(22)12-8-13(16(23)25-20(4)5)10-14(9-12)17(24)26-21(6)7/h8-10,15,19,22H,11H2,1-7H3/t15-/m1/s1. The van der Waals surface area contributed by atoms with Gasteiger partial charge in [0.15, 0.2) is 0 Å². The molecule has 0 radical (unpaired) electrons. The van der Waals surface area contributed by atoms with Crippen molar-refractivity contribution in [3.8, 4) is 0 Å². The van der Waals surface area contributed by atoms with Crippen molar-refractivity contribution in [2.24, 2.45) is 0 Å². The van der Waals surface area contributed by atoms with E-state index in [0.717, 1.165) is 0 Å². The third-order valence-electron chi connectivity index (χ3n) is 3.17. The first-order chi connectivity index (χ1) is 11.9. The van der Waals surface area contributed by atoms with Gasteiger partial charge < -0.3 is 20.1 Å². The van der Waals surface area contributed by atoms with E-state index in [1.165, 1.54) is 28.3 Å². The molecule has 0 aromatic heterocycles. The van der Waals surface area contributed by atoms with Crippen molar-refractivity contribution in [3.05, 3.63) is 34.9 Å². The van der Waals surface area contributed by atoms with E-state index in [4.69, 9.17) is 9.68 Å². The number of nitrogens with one attached hydrogen (secondary N) is 1. The number of hydroxylamine groups is 4. The van der Waals surface area contributed by atoms with Gasteiger partial charge in [-0.2, -0.15) is 0 Å². The highest BCUT2D eigenvalue weighted by molar-refractivity contribution is 5.95. The van der Waals surface area contributed by atoms with E-state index in [1.54, 1.807) is 28.2 Å². The molecule has 0 bridgehead atoms. The van der Waals surface area contributed by atoms with Crippen LogP contribution >= 0.6 is 0 Å². The molecule has 0 saturated heterocycles. The Bertz CT molecular complexity index is 598. The fraction of sp³-hybridized carbons (Fsp3) is 0.556. The minimum absolute atomic E-state index is 0.150. The second-order valence-electron chi connectivity index (χ2n) is 7.37. The SMILES string of the molecule is CN(C)OC(=O)c1cc(C(=O)ON(C)C)cc([C@H](O)CNC(C)(C)C)c1. The number of benzene rings is 1. The van der Waals surface area contributed by atoms with Gasteiger partial charge in [-0.3, -0.25) is 0 Å². The van der Waals surface area contributed by atoms with Gasteiger partial charge in [0.05, 0.1) is 17.2 Å². The Morgan fingerprint density at radius 2 is 1.42 bits per heavy atom. The summed E-state index contributed by atoms with van der Waals surface area (Å²) in [4.78, 5) is 34.5. The maximum absolute atomic E-state index is 12.2. The average molecular weight is 367 g/mol. The van der Waals surface area contributed by atoms with Crippen LogP contribution in [0, 0.1) is 0 Å². The summed E-state index contributed by atoms with van der Waals surface area (Å²) in [6.07, 6.45) is -0.910. The highest BCUT2D eigenvalue weighted by atomic mass is 16.7. The molecule has 146 valence electrons. The molecule has 1 aromatic rings. The van der Waals surface area contributed by atoms with Crippen LogP contribution in [0.3, 0.4) is 0 Å². The topological polar surface area (TPSA) is 91.3 Å². The van der Waals surface area contributed by atoms with Crippen molar-refractivity contribution in [1.82, 2.24) is 15.4 Å². The van der Waals surface area contributed by atoms with Gasteiger partial charge in [-0.15, -0.1) is 10.1 Å². The molecule has 0 fully saturated rings. The highest BCUT2D eigenvalue weighted by Crippen LogP contribution is 2.20. The summed E-state index contributed by atoms with van der Waals surface area (Å²) >= 11 is 0. The van der Waals surface area contributed by atoms with Crippen LogP contribution < -0.4 is 5.32 Å². The van der Waals surface area contributed by atoms with Gasteiger partial charge in [-0.05, 0) is 44.5 Å². The third kappa shape index (κ3) is 7.49.